The van der Waals surface area contributed by atoms with E-state index in [1.807, 2.05) is 0 Å². The van der Waals surface area contributed by atoms with Gasteiger partial charge in [0.25, 0.3) is 0 Å². The van der Waals surface area contributed by atoms with Gasteiger partial charge in [-0.05, 0) is 37.6 Å². The van der Waals surface area contributed by atoms with Gasteiger partial charge in [0.05, 0.1) is 0 Å². The lowest BCUT2D eigenvalue weighted by molar-refractivity contribution is -0.183. The summed E-state index contributed by atoms with van der Waals surface area (Å²) in [7, 11) is 0. The van der Waals surface area contributed by atoms with E-state index in [0.717, 1.165) is 12.8 Å². The van der Waals surface area contributed by atoms with Gasteiger partial charge in [-0.25, -0.2) is 10.8 Å². The largest absolute Gasteiger partial charge is 0.408 e. The summed E-state index contributed by atoms with van der Waals surface area (Å²) in [5, 5.41) is 0. The fraction of sp³-hybridized carbons (Fsp3) is 0.545. The number of anilines is 1. The zero-order valence-corrected chi connectivity index (χ0v) is 9.74. The molecule has 7 heteroatoms. The molecule has 1 aliphatic rings. The Balaban J connectivity index is 2.27. The number of hydrazine groups is 1. The summed E-state index contributed by atoms with van der Waals surface area (Å²) in [5.41, 5.74) is 2.45. The highest BCUT2D eigenvalue weighted by Crippen LogP contribution is 2.39. The first-order valence-corrected chi connectivity index (χ1v) is 5.75. The second-order valence-corrected chi connectivity index (χ2v) is 4.31. The highest BCUT2D eigenvalue weighted by atomic mass is 19.4. The first-order valence-electron chi connectivity index (χ1n) is 5.75. The zero-order chi connectivity index (χ0) is 13.2. The van der Waals surface area contributed by atoms with Crippen molar-refractivity contribution in [2.45, 2.75) is 25.1 Å². The van der Waals surface area contributed by atoms with Crippen LogP contribution in [0.15, 0.2) is 18.3 Å². The van der Waals surface area contributed by atoms with Crippen LogP contribution in [0.25, 0.3) is 0 Å². The number of nitrogens with two attached hydrogens (primary N) is 1. The van der Waals surface area contributed by atoms with E-state index in [0.29, 0.717) is 18.9 Å². The summed E-state index contributed by atoms with van der Waals surface area (Å²) in [5.74, 6) is 5.49. The Kier molecular flexibility index (Phi) is 3.72. The Morgan fingerprint density at radius 3 is 2.39 bits per heavy atom. The number of alkyl halides is 3. The molecule has 1 aromatic rings. The Bertz CT molecular complexity index is 384. The van der Waals surface area contributed by atoms with Crippen molar-refractivity contribution in [1.29, 1.82) is 0 Å². The number of halogens is 3. The van der Waals surface area contributed by atoms with Crippen molar-refractivity contribution in [3.63, 3.8) is 0 Å². The third kappa shape index (κ3) is 2.73. The summed E-state index contributed by atoms with van der Waals surface area (Å²) < 4.78 is 39.4. The molecular weight excluding hydrogens is 245 g/mol. The van der Waals surface area contributed by atoms with Crippen LogP contribution in [0, 0.1) is 0 Å². The van der Waals surface area contributed by atoms with Gasteiger partial charge in [0.15, 0.2) is 0 Å². The summed E-state index contributed by atoms with van der Waals surface area (Å²) >= 11 is 0. The molecule has 0 unspecified atom stereocenters. The van der Waals surface area contributed by atoms with Crippen molar-refractivity contribution >= 4 is 5.82 Å². The number of hydrogen-bond donors (Lipinski definition) is 2. The van der Waals surface area contributed by atoms with Gasteiger partial charge in [0, 0.05) is 6.20 Å². The normalized spacial score (nSPS) is 18.9. The number of nitrogens with one attached hydrogen (secondary N) is 1. The highest BCUT2D eigenvalue weighted by Gasteiger charge is 2.45. The summed E-state index contributed by atoms with van der Waals surface area (Å²) in [6, 6.07) is 1.29. The predicted molar refractivity (Wildman–Crippen MR) is 61.7 cm³/mol. The monoisotopic (exact) mass is 260 g/mol. The molecule has 0 bridgehead atoms. The van der Waals surface area contributed by atoms with Gasteiger partial charge in [0.2, 0.25) is 0 Å². The molecule has 4 nitrogen and oxygen atoms in total. The Morgan fingerprint density at radius 2 is 1.94 bits per heavy atom. The van der Waals surface area contributed by atoms with E-state index in [1.165, 1.54) is 23.2 Å². The maximum atomic E-state index is 13.1. The standard InChI is InChI=1S/C11H15F3N4/c12-11(13,14)10(18-5-1-2-6-18)8-3-4-9(17-15)16-7-8/h3-4,7,10H,1-2,5-6,15H2,(H,16,17)/t10-/m1/s1. The molecule has 100 valence electrons. The summed E-state index contributed by atoms with van der Waals surface area (Å²) in [4.78, 5) is 5.29. The molecular formula is C11H15F3N4. The SMILES string of the molecule is NNc1ccc([C@@H](N2CCCC2)C(F)(F)F)cn1. The molecule has 3 N–H and O–H groups in total. The molecule has 1 fully saturated rings. The van der Waals surface area contributed by atoms with Crippen LogP contribution in [0.1, 0.15) is 24.4 Å². The van der Waals surface area contributed by atoms with Crippen LogP contribution >= 0.6 is 0 Å². The first-order chi connectivity index (χ1) is 8.52. The van der Waals surface area contributed by atoms with Crippen molar-refractivity contribution in [1.82, 2.24) is 9.88 Å². The Hall–Kier alpha value is -1.34. The molecule has 18 heavy (non-hydrogen) atoms. The molecule has 0 saturated carbocycles. The third-order valence-corrected chi connectivity index (χ3v) is 3.07. The second-order valence-electron chi connectivity index (χ2n) is 4.31. The van der Waals surface area contributed by atoms with Crippen LogP contribution in [0.3, 0.4) is 0 Å². The molecule has 0 amide bonds. The van der Waals surface area contributed by atoms with Gasteiger partial charge in [-0.15, -0.1) is 0 Å². The number of nitrogen functional groups attached to an aromatic ring is 1. The molecule has 1 saturated heterocycles. The number of aromatic nitrogens is 1. The van der Waals surface area contributed by atoms with Crippen molar-refractivity contribution in [2.75, 3.05) is 18.5 Å². The number of pyridine rings is 1. The predicted octanol–water partition coefficient (Wildman–Crippen LogP) is 2.07. The minimum Gasteiger partial charge on any atom is -0.308 e. The lowest BCUT2D eigenvalue weighted by Crippen LogP contribution is -2.36. The highest BCUT2D eigenvalue weighted by molar-refractivity contribution is 5.35. The van der Waals surface area contributed by atoms with Gasteiger partial charge in [-0.3, -0.25) is 4.90 Å². The Labute approximate surface area is 103 Å². The molecule has 2 heterocycles. The summed E-state index contributed by atoms with van der Waals surface area (Å²) in [6.07, 6.45) is -1.44. The van der Waals surface area contributed by atoms with E-state index in [4.69, 9.17) is 5.84 Å². The maximum absolute atomic E-state index is 13.1. The third-order valence-electron chi connectivity index (χ3n) is 3.07. The topological polar surface area (TPSA) is 54.2 Å². The van der Waals surface area contributed by atoms with Crippen molar-refractivity contribution < 1.29 is 13.2 Å². The molecule has 2 rings (SSSR count). The van der Waals surface area contributed by atoms with Crippen LogP contribution in [0.5, 0.6) is 0 Å². The molecule has 1 aliphatic heterocycles. The van der Waals surface area contributed by atoms with E-state index in [2.05, 4.69) is 10.4 Å². The lowest BCUT2D eigenvalue weighted by atomic mass is 10.1. The van der Waals surface area contributed by atoms with Crippen LogP contribution in [0.2, 0.25) is 0 Å². The molecule has 0 aromatic carbocycles. The van der Waals surface area contributed by atoms with E-state index < -0.39 is 12.2 Å². The number of rotatable bonds is 3. The van der Waals surface area contributed by atoms with Gasteiger partial charge in [-0.1, -0.05) is 6.07 Å². The van der Waals surface area contributed by atoms with Crippen LogP contribution in [-0.4, -0.2) is 29.1 Å². The van der Waals surface area contributed by atoms with Gasteiger partial charge in [-0.2, -0.15) is 13.2 Å². The Morgan fingerprint density at radius 1 is 1.28 bits per heavy atom. The minimum absolute atomic E-state index is 0.156. The number of hydrogen-bond acceptors (Lipinski definition) is 4. The van der Waals surface area contributed by atoms with E-state index in [9.17, 15) is 13.2 Å². The van der Waals surface area contributed by atoms with Crippen molar-refractivity contribution in [3.05, 3.63) is 23.9 Å². The van der Waals surface area contributed by atoms with Crippen LogP contribution in [-0.2, 0) is 0 Å². The smallest absolute Gasteiger partial charge is 0.308 e. The van der Waals surface area contributed by atoms with Crippen molar-refractivity contribution in [2.24, 2.45) is 5.84 Å². The molecule has 0 aliphatic carbocycles. The quantitative estimate of drug-likeness (QED) is 0.645. The first kappa shape index (κ1) is 13.1. The van der Waals surface area contributed by atoms with Gasteiger partial charge < -0.3 is 5.43 Å². The van der Waals surface area contributed by atoms with E-state index in [1.54, 1.807) is 0 Å². The molecule has 1 aromatic heterocycles. The van der Waals surface area contributed by atoms with Crippen molar-refractivity contribution in [3.8, 4) is 0 Å². The van der Waals surface area contributed by atoms with Gasteiger partial charge in [0.1, 0.15) is 11.9 Å². The zero-order valence-electron chi connectivity index (χ0n) is 9.74. The van der Waals surface area contributed by atoms with Gasteiger partial charge >= 0.3 is 6.18 Å². The van der Waals surface area contributed by atoms with Crippen LogP contribution in [0.4, 0.5) is 19.0 Å². The summed E-state index contributed by atoms with van der Waals surface area (Å²) in [6.45, 7) is 0.947. The second kappa shape index (κ2) is 5.11. The van der Waals surface area contributed by atoms with Crippen LogP contribution < -0.4 is 11.3 Å². The van der Waals surface area contributed by atoms with E-state index >= 15 is 0 Å². The average molecular weight is 260 g/mol. The minimum atomic E-state index is -4.29. The maximum Gasteiger partial charge on any atom is 0.408 e. The fourth-order valence-electron chi connectivity index (χ4n) is 2.26. The molecule has 1 atom stereocenters. The molecule has 0 radical (unpaired) electrons. The van der Waals surface area contributed by atoms with E-state index in [-0.39, 0.29) is 5.56 Å². The fourth-order valence-corrected chi connectivity index (χ4v) is 2.26. The molecule has 0 spiro atoms. The number of nitrogens with zero attached hydrogens (tertiary/aromatic N) is 2. The lowest BCUT2D eigenvalue weighted by Gasteiger charge is -2.29. The average Bonchev–Trinajstić information content (AvgIpc) is 2.82. The number of likely N-dealkylation sites (tertiary alicyclic amines) is 1.